The molecule has 1 atom stereocenters. The molecule has 0 aromatic heterocycles. The fourth-order valence-electron chi connectivity index (χ4n) is 1.96. The van der Waals surface area contributed by atoms with Crippen molar-refractivity contribution >= 4 is 11.6 Å². The molecule has 0 radical (unpaired) electrons. The lowest BCUT2D eigenvalue weighted by molar-refractivity contribution is -0.119. The van der Waals surface area contributed by atoms with Crippen molar-refractivity contribution in [1.82, 2.24) is 5.32 Å². The molecule has 17 heavy (non-hydrogen) atoms. The fourth-order valence-corrected chi connectivity index (χ4v) is 1.96. The highest BCUT2D eigenvalue weighted by atomic mass is 16.1. The lowest BCUT2D eigenvalue weighted by Crippen LogP contribution is -2.30. The van der Waals surface area contributed by atoms with E-state index >= 15 is 0 Å². The van der Waals surface area contributed by atoms with E-state index in [1.807, 2.05) is 40.0 Å². The lowest BCUT2D eigenvalue weighted by Gasteiger charge is -2.15. The summed E-state index contributed by atoms with van der Waals surface area (Å²) in [5, 5.41) is 6.03. The minimum absolute atomic E-state index is 0.0285. The molecule has 0 fully saturated rings. The first-order chi connectivity index (χ1) is 8.06. The molecule has 1 amide bonds. The molecule has 94 valence electrons. The number of rotatable bonds is 5. The molecule has 1 rings (SSSR count). The van der Waals surface area contributed by atoms with E-state index in [0.29, 0.717) is 6.54 Å². The van der Waals surface area contributed by atoms with Crippen LogP contribution in [0.25, 0.3) is 0 Å². The number of amides is 1. The van der Waals surface area contributed by atoms with Gasteiger partial charge in [-0.25, -0.2) is 0 Å². The third-order valence-corrected chi connectivity index (χ3v) is 2.80. The summed E-state index contributed by atoms with van der Waals surface area (Å²) < 4.78 is 0. The van der Waals surface area contributed by atoms with Gasteiger partial charge in [0, 0.05) is 12.2 Å². The maximum atomic E-state index is 12.0. The third kappa shape index (κ3) is 4.19. The van der Waals surface area contributed by atoms with Gasteiger partial charge in [-0.1, -0.05) is 13.0 Å². The predicted octanol–water partition coefficient (Wildman–Crippen LogP) is 2.49. The van der Waals surface area contributed by atoms with Gasteiger partial charge in [0.1, 0.15) is 0 Å². The monoisotopic (exact) mass is 234 g/mol. The Bertz CT molecular complexity index is 368. The first kappa shape index (κ1) is 13.7. The summed E-state index contributed by atoms with van der Waals surface area (Å²) in [6.45, 7) is 6.82. The number of hydrogen-bond acceptors (Lipinski definition) is 2. The topological polar surface area (TPSA) is 41.1 Å². The second kappa shape index (κ2) is 6.40. The van der Waals surface area contributed by atoms with Crippen LogP contribution < -0.4 is 10.6 Å². The molecular formula is C14H22N2O. The van der Waals surface area contributed by atoms with Gasteiger partial charge < -0.3 is 10.6 Å². The zero-order valence-corrected chi connectivity index (χ0v) is 11.1. The molecule has 0 aliphatic rings. The van der Waals surface area contributed by atoms with Crippen LogP contribution in [-0.2, 0) is 4.79 Å². The molecule has 0 heterocycles. The minimum atomic E-state index is 0.0285. The molecule has 2 N–H and O–H groups in total. The Morgan fingerprint density at radius 3 is 2.29 bits per heavy atom. The van der Waals surface area contributed by atoms with Gasteiger partial charge in [0.05, 0.1) is 5.92 Å². The molecule has 3 heteroatoms. The molecule has 1 unspecified atom stereocenters. The van der Waals surface area contributed by atoms with E-state index in [1.165, 1.54) is 11.1 Å². The van der Waals surface area contributed by atoms with Crippen LogP contribution in [0.1, 0.15) is 24.5 Å². The molecule has 0 aliphatic carbocycles. The summed E-state index contributed by atoms with van der Waals surface area (Å²) in [4.78, 5) is 12.0. The highest BCUT2D eigenvalue weighted by Gasteiger charge is 2.15. The van der Waals surface area contributed by atoms with Gasteiger partial charge in [0.25, 0.3) is 0 Å². The smallest absolute Gasteiger partial charge is 0.228 e. The molecule has 1 aromatic carbocycles. The van der Waals surface area contributed by atoms with Crippen molar-refractivity contribution in [2.75, 3.05) is 18.9 Å². The Balaban J connectivity index is 2.72. The Kier molecular flexibility index (Phi) is 5.16. The molecule has 3 nitrogen and oxygen atoms in total. The summed E-state index contributed by atoms with van der Waals surface area (Å²) >= 11 is 0. The van der Waals surface area contributed by atoms with Gasteiger partial charge in [0.15, 0.2) is 0 Å². The molecule has 0 bridgehead atoms. The number of carbonyl (C=O) groups excluding carboxylic acids is 1. The summed E-state index contributed by atoms with van der Waals surface area (Å²) in [6, 6.07) is 6.09. The molecule has 0 saturated carbocycles. The Morgan fingerprint density at radius 2 is 1.82 bits per heavy atom. The van der Waals surface area contributed by atoms with E-state index in [9.17, 15) is 4.79 Å². The second-order valence-electron chi connectivity index (χ2n) is 4.53. The number of carbonyl (C=O) groups is 1. The highest BCUT2D eigenvalue weighted by Crippen LogP contribution is 2.15. The van der Waals surface area contributed by atoms with E-state index in [0.717, 1.165) is 12.1 Å². The van der Waals surface area contributed by atoms with Gasteiger partial charge in [-0.05, 0) is 50.6 Å². The van der Waals surface area contributed by atoms with E-state index in [-0.39, 0.29) is 11.8 Å². The van der Waals surface area contributed by atoms with Gasteiger partial charge in [-0.3, -0.25) is 4.79 Å². The first-order valence-corrected chi connectivity index (χ1v) is 6.10. The number of benzene rings is 1. The van der Waals surface area contributed by atoms with Crippen molar-refractivity contribution in [2.24, 2.45) is 5.92 Å². The van der Waals surface area contributed by atoms with Crippen molar-refractivity contribution < 1.29 is 4.79 Å². The molecule has 0 aliphatic heterocycles. The van der Waals surface area contributed by atoms with Gasteiger partial charge in [-0.15, -0.1) is 0 Å². The first-order valence-electron chi connectivity index (χ1n) is 6.10. The third-order valence-electron chi connectivity index (χ3n) is 2.80. The molecule has 1 aromatic rings. The standard InChI is InChI=1S/C14H22N2O/c1-5-12(9-15-4)14(17)16-13-7-10(2)6-11(3)8-13/h6-8,12,15H,5,9H2,1-4H3,(H,16,17). The average molecular weight is 234 g/mol. The number of hydrogen-bond donors (Lipinski definition) is 2. The van der Waals surface area contributed by atoms with Gasteiger partial charge >= 0.3 is 0 Å². The quantitative estimate of drug-likeness (QED) is 0.822. The van der Waals surface area contributed by atoms with Crippen LogP contribution in [0.2, 0.25) is 0 Å². The highest BCUT2D eigenvalue weighted by molar-refractivity contribution is 5.92. The van der Waals surface area contributed by atoms with Gasteiger partial charge in [0.2, 0.25) is 5.91 Å². The van der Waals surface area contributed by atoms with Crippen LogP contribution in [0, 0.1) is 19.8 Å². The molecule has 0 spiro atoms. The maximum absolute atomic E-state index is 12.0. The van der Waals surface area contributed by atoms with Crippen molar-refractivity contribution in [2.45, 2.75) is 27.2 Å². The lowest BCUT2D eigenvalue weighted by atomic mass is 10.1. The van der Waals surface area contributed by atoms with Crippen molar-refractivity contribution in [3.63, 3.8) is 0 Å². The summed E-state index contributed by atoms with van der Waals surface area (Å²) in [7, 11) is 1.87. The van der Waals surface area contributed by atoms with Crippen molar-refractivity contribution in [3.8, 4) is 0 Å². The Hall–Kier alpha value is -1.35. The molecule has 0 saturated heterocycles. The number of anilines is 1. The maximum Gasteiger partial charge on any atom is 0.228 e. The van der Waals surface area contributed by atoms with Crippen LogP contribution in [0.15, 0.2) is 18.2 Å². The van der Waals surface area contributed by atoms with Gasteiger partial charge in [-0.2, -0.15) is 0 Å². The van der Waals surface area contributed by atoms with E-state index in [4.69, 9.17) is 0 Å². The summed E-state index contributed by atoms with van der Waals surface area (Å²) in [5.41, 5.74) is 3.23. The van der Waals surface area contributed by atoms with Crippen molar-refractivity contribution in [1.29, 1.82) is 0 Å². The van der Waals surface area contributed by atoms with Crippen LogP contribution in [-0.4, -0.2) is 19.5 Å². The fraction of sp³-hybridized carbons (Fsp3) is 0.500. The van der Waals surface area contributed by atoms with Crippen LogP contribution in [0.3, 0.4) is 0 Å². The van der Waals surface area contributed by atoms with E-state index < -0.39 is 0 Å². The summed E-state index contributed by atoms with van der Waals surface area (Å²) in [5.74, 6) is 0.118. The van der Waals surface area contributed by atoms with E-state index in [1.54, 1.807) is 0 Å². The molecular weight excluding hydrogens is 212 g/mol. The zero-order valence-electron chi connectivity index (χ0n) is 11.1. The average Bonchev–Trinajstić information content (AvgIpc) is 2.24. The summed E-state index contributed by atoms with van der Waals surface area (Å²) in [6.07, 6.45) is 0.845. The predicted molar refractivity (Wildman–Crippen MR) is 72.3 cm³/mol. The van der Waals surface area contributed by atoms with Crippen LogP contribution in [0.5, 0.6) is 0 Å². The normalized spacial score (nSPS) is 12.2. The Morgan fingerprint density at radius 1 is 1.24 bits per heavy atom. The Labute approximate surface area is 104 Å². The number of aryl methyl sites for hydroxylation is 2. The van der Waals surface area contributed by atoms with Crippen LogP contribution >= 0.6 is 0 Å². The van der Waals surface area contributed by atoms with Crippen molar-refractivity contribution in [3.05, 3.63) is 29.3 Å². The second-order valence-corrected chi connectivity index (χ2v) is 4.53. The van der Waals surface area contributed by atoms with E-state index in [2.05, 4.69) is 16.7 Å². The number of nitrogens with one attached hydrogen (secondary N) is 2. The SMILES string of the molecule is CCC(CNC)C(=O)Nc1cc(C)cc(C)c1. The minimum Gasteiger partial charge on any atom is -0.326 e. The van der Waals surface area contributed by atoms with Crippen LogP contribution in [0.4, 0.5) is 5.69 Å². The zero-order chi connectivity index (χ0) is 12.8. The largest absolute Gasteiger partial charge is 0.326 e.